The third kappa shape index (κ3) is 4.50. The lowest BCUT2D eigenvalue weighted by Gasteiger charge is -2.20. The Kier molecular flexibility index (Phi) is 5.28. The normalized spacial score (nSPS) is 16.6. The SMILES string of the molecule is N#C/[N+]([O-])=N/c1ccc(S(=O)(=O)NC(=O)C2CCCCC2)cc1. The molecular weight excluding hydrogens is 320 g/mol. The van der Waals surface area contributed by atoms with E-state index in [2.05, 4.69) is 9.84 Å². The van der Waals surface area contributed by atoms with Gasteiger partial charge in [0, 0.05) is 5.92 Å². The lowest BCUT2D eigenvalue weighted by atomic mass is 9.89. The zero-order valence-corrected chi connectivity index (χ0v) is 13.1. The van der Waals surface area contributed by atoms with Crippen molar-refractivity contribution in [2.45, 2.75) is 37.0 Å². The maximum atomic E-state index is 12.2. The van der Waals surface area contributed by atoms with Crippen LogP contribution < -0.4 is 4.72 Å². The molecule has 1 aromatic rings. The number of sulfonamides is 1. The molecule has 0 aromatic heterocycles. The largest absolute Gasteiger partial charge is 0.682 e. The third-order valence-electron chi connectivity index (χ3n) is 3.65. The van der Waals surface area contributed by atoms with Crippen LogP contribution in [0.5, 0.6) is 0 Å². The molecule has 0 spiro atoms. The van der Waals surface area contributed by atoms with Crippen molar-refractivity contribution in [2.75, 3.05) is 0 Å². The Labute approximate surface area is 134 Å². The molecule has 23 heavy (non-hydrogen) atoms. The van der Waals surface area contributed by atoms with Crippen LogP contribution in [-0.2, 0) is 14.8 Å². The molecule has 8 nitrogen and oxygen atoms in total. The summed E-state index contributed by atoms with van der Waals surface area (Å²) in [6, 6.07) is 5.00. The van der Waals surface area contributed by atoms with E-state index in [1.54, 1.807) is 0 Å². The van der Waals surface area contributed by atoms with Gasteiger partial charge in [-0.1, -0.05) is 29.2 Å². The highest BCUT2D eigenvalue weighted by Gasteiger charge is 2.25. The summed E-state index contributed by atoms with van der Waals surface area (Å²) in [5.41, 5.74) is 0.138. The second-order valence-corrected chi connectivity index (χ2v) is 6.95. The van der Waals surface area contributed by atoms with E-state index in [-0.39, 0.29) is 21.4 Å². The minimum absolute atomic E-state index is 0.102. The molecule has 0 radical (unpaired) electrons. The first-order valence-electron chi connectivity index (χ1n) is 7.18. The number of hydroxylamine groups is 1. The van der Waals surface area contributed by atoms with Crippen LogP contribution >= 0.6 is 0 Å². The number of hydrogen-bond acceptors (Lipinski definition) is 6. The molecule has 1 amide bonds. The van der Waals surface area contributed by atoms with Gasteiger partial charge in [-0.15, -0.1) is 0 Å². The quantitative estimate of drug-likeness (QED) is 0.296. The zero-order valence-electron chi connectivity index (χ0n) is 12.3. The Morgan fingerprint density at radius 1 is 1.26 bits per heavy atom. The highest BCUT2D eigenvalue weighted by Crippen LogP contribution is 2.24. The minimum Gasteiger partial charge on any atom is -0.682 e. The molecule has 1 fully saturated rings. The van der Waals surface area contributed by atoms with Crippen molar-refractivity contribution in [3.05, 3.63) is 29.5 Å². The monoisotopic (exact) mass is 336 g/mol. The Bertz CT molecular complexity index is 744. The summed E-state index contributed by atoms with van der Waals surface area (Å²) < 4.78 is 26.5. The molecule has 0 atom stereocenters. The Balaban J connectivity index is 2.10. The van der Waals surface area contributed by atoms with Crippen LogP contribution in [-0.4, -0.2) is 19.2 Å². The van der Waals surface area contributed by atoms with Crippen molar-refractivity contribution >= 4 is 21.6 Å². The molecule has 122 valence electrons. The second kappa shape index (κ2) is 7.19. The van der Waals surface area contributed by atoms with Gasteiger partial charge in [0.05, 0.1) is 4.90 Å². The van der Waals surface area contributed by atoms with Crippen LogP contribution in [0.3, 0.4) is 0 Å². The summed E-state index contributed by atoms with van der Waals surface area (Å²) in [5.74, 6) is -0.744. The van der Waals surface area contributed by atoms with Crippen molar-refractivity contribution in [3.8, 4) is 6.19 Å². The predicted octanol–water partition coefficient (Wildman–Crippen LogP) is 2.15. The van der Waals surface area contributed by atoms with Crippen LogP contribution in [0.25, 0.3) is 0 Å². The van der Waals surface area contributed by atoms with Gasteiger partial charge in [0.1, 0.15) is 5.69 Å². The van der Waals surface area contributed by atoms with Crippen LogP contribution in [0.2, 0.25) is 0 Å². The fraction of sp³-hybridized carbons (Fsp3) is 0.429. The molecule has 0 aliphatic heterocycles. The highest BCUT2D eigenvalue weighted by molar-refractivity contribution is 7.90. The summed E-state index contributed by atoms with van der Waals surface area (Å²) >= 11 is 0. The van der Waals surface area contributed by atoms with E-state index in [0.29, 0.717) is 12.8 Å². The second-order valence-electron chi connectivity index (χ2n) is 5.27. The molecule has 1 aliphatic carbocycles. The topological polar surface area (TPSA) is 125 Å². The van der Waals surface area contributed by atoms with E-state index in [1.807, 2.05) is 0 Å². The molecule has 1 aromatic carbocycles. The third-order valence-corrected chi connectivity index (χ3v) is 5.01. The van der Waals surface area contributed by atoms with E-state index in [4.69, 9.17) is 5.26 Å². The van der Waals surface area contributed by atoms with Gasteiger partial charge in [0.2, 0.25) is 5.91 Å². The number of rotatable bonds is 4. The summed E-state index contributed by atoms with van der Waals surface area (Å²) in [6.45, 7) is 0. The molecule has 1 aliphatic rings. The lowest BCUT2D eigenvalue weighted by Crippen LogP contribution is -2.36. The van der Waals surface area contributed by atoms with Crippen molar-refractivity contribution in [1.29, 1.82) is 5.26 Å². The fourth-order valence-corrected chi connectivity index (χ4v) is 3.50. The van der Waals surface area contributed by atoms with E-state index < -0.39 is 15.9 Å². The average Bonchev–Trinajstić information content (AvgIpc) is 2.55. The van der Waals surface area contributed by atoms with Gasteiger partial charge in [-0.25, -0.2) is 13.1 Å². The molecule has 0 heterocycles. The summed E-state index contributed by atoms with van der Waals surface area (Å²) in [4.78, 5) is 11.8. The van der Waals surface area contributed by atoms with E-state index in [1.165, 1.54) is 30.5 Å². The van der Waals surface area contributed by atoms with Gasteiger partial charge >= 0.3 is 6.19 Å². The van der Waals surface area contributed by atoms with Gasteiger partial charge in [0.15, 0.2) is 5.26 Å². The molecular formula is C14H16N4O4S. The number of hydrogen-bond donors (Lipinski definition) is 1. The van der Waals surface area contributed by atoms with Crippen molar-refractivity contribution in [3.63, 3.8) is 0 Å². The number of azo groups is 1. The van der Waals surface area contributed by atoms with Crippen LogP contribution in [0.15, 0.2) is 34.3 Å². The molecule has 0 bridgehead atoms. The van der Waals surface area contributed by atoms with Gasteiger partial charge < -0.3 is 5.21 Å². The minimum atomic E-state index is -3.96. The predicted molar refractivity (Wildman–Crippen MR) is 79.7 cm³/mol. The van der Waals surface area contributed by atoms with Gasteiger partial charge in [0.25, 0.3) is 10.0 Å². The lowest BCUT2D eigenvalue weighted by molar-refractivity contribution is -0.433. The number of benzene rings is 1. The maximum Gasteiger partial charge on any atom is 0.485 e. The number of nitrogens with zero attached hydrogens (tertiary/aromatic N) is 3. The number of nitriles is 1. The molecule has 1 saturated carbocycles. The number of carbonyl (C=O) groups excluding carboxylic acids is 1. The smallest absolute Gasteiger partial charge is 0.485 e. The van der Waals surface area contributed by atoms with Crippen molar-refractivity contribution < 1.29 is 18.1 Å². The Morgan fingerprint density at radius 2 is 1.87 bits per heavy atom. The van der Waals surface area contributed by atoms with Crippen LogP contribution in [0.1, 0.15) is 32.1 Å². The van der Waals surface area contributed by atoms with E-state index in [0.717, 1.165) is 19.3 Å². The molecule has 0 saturated heterocycles. The first-order chi connectivity index (χ1) is 10.9. The molecule has 2 rings (SSSR count). The van der Waals surface area contributed by atoms with E-state index >= 15 is 0 Å². The maximum absolute atomic E-state index is 12.2. The number of amides is 1. The zero-order chi connectivity index (χ0) is 16.9. The number of carbonyl (C=O) groups is 1. The van der Waals surface area contributed by atoms with Gasteiger partial charge in [-0.3, -0.25) is 4.79 Å². The fourth-order valence-electron chi connectivity index (χ4n) is 2.46. The van der Waals surface area contributed by atoms with E-state index in [9.17, 15) is 18.4 Å². The Morgan fingerprint density at radius 3 is 2.43 bits per heavy atom. The van der Waals surface area contributed by atoms with Crippen molar-refractivity contribution in [2.24, 2.45) is 11.0 Å². The summed E-state index contributed by atoms with van der Waals surface area (Å²) in [6.07, 6.45) is 5.59. The summed E-state index contributed by atoms with van der Waals surface area (Å²) in [7, 11) is -3.96. The standard InChI is InChI=1S/C14H16N4O4S/c15-10-18(20)16-12-6-8-13(9-7-12)23(21,22)17-14(19)11-4-2-1-3-5-11/h6-9,11H,1-5H2,(H,17,19)/b18-16-. The van der Waals surface area contributed by atoms with Crippen LogP contribution in [0.4, 0.5) is 5.69 Å². The first-order valence-corrected chi connectivity index (χ1v) is 8.66. The first kappa shape index (κ1) is 16.9. The van der Waals surface area contributed by atoms with Crippen LogP contribution in [0, 0.1) is 22.6 Å². The van der Waals surface area contributed by atoms with Gasteiger partial charge in [-0.2, -0.15) is 0 Å². The number of nitrogens with one attached hydrogen (secondary N) is 1. The Hall–Kier alpha value is -2.47. The van der Waals surface area contributed by atoms with Gasteiger partial charge in [-0.05, 0) is 37.1 Å². The average molecular weight is 336 g/mol. The molecule has 1 N–H and O–H groups in total. The van der Waals surface area contributed by atoms with Crippen molar-refractivity contribution in [1.82, 2.24) is 4.72 Å². The molecule has 0 unspecified atom stereocenters. The highest BCUT2D eigenvalue weighted by atomic mass is 32.2. The molecule has 9 heteroatoms. The summed E-state index contributed by atoms with van der Waals surface area (Å²) in [5, 5.41) is 22.5.